The number of aliphatic imine (C=N–C) groups is 1. The topological polar surface area (TPSA) is 58.7 Å². The molecule has 1 aliphatic rings. The minimum absolute atomic E-state index is 0.104. The van der Waals surface area contributed by atoms with Crippen LogP contribution in [0.3, 0.4) is 0 Å². The van der Waals surface area contributed by atoms with Crippen LogP contribution in [0.1, 0.15) is 57.6 Å². The Morgan fingerprint density at radius 2 is 1.74 bits per heavy atom. The molecule has 0 bridgehead atoms. The zero-order chi connectivity index (χ0) is 24.3. The van der Waals surface area contributed by atoms with E-state index in [9.17, 15) is 10.1 Å². The Morgan fingerprint density at radius 3 is 2.35 bits per heavy atom. The van der Waals surface area contributed by atoms with Crippen molar-refractivity contribution in [2.75, 3.05) is 11.4 Å². The molecule has 0 saturated heterocycles. The van der Waals surface area contributed by atoms with Crippen molar-refractivity contribution in [1.29, 1.82) is 0 Å². The predicted molar refractivity (Wildman–Crippen MR) is 142 cm³/mol. The Morgan fingerprint density at radius 1 is 1.09 bits per heavy atom. The molecule has 176 valence electrons. The molecule has 4 rings (SSSR count). The molecular formula is C28H31N3O2S. The van der Waals surface area contributed by atoms with Crippen molar-refractivity contribution in [2.24, 2.45) is 4.99 Å². The summed E-state index contributed by atoms with van der Waals surface area (Å²) < 4.78 is 0. The highest BCUT2D eigenvalue weighted by Crippen LogP contribution is 2.43. The molecule has 0 amide bonds. The lowest BCUT2D eigenvalue weighted by atomic mass is 9.79. The van der Waals surface area contributed by atoms with Gasteiger partial charge in [0.2, 0.25) is 0 Å². The first kappa shape index (κ1) is 24.0. The number of anilines is 1. The fourth-order valence-corrected chi connectivity index (χ4v) is 5.57. The van der Waals surface area contributed by atoms with Crippen molar-refractivity contribution in [3.8, 4) is 0 Å². The van der Waals surface area contributed by atoms with Gasteiger partial charge in [-0.2, -0.15) is 0 Å². The average Bonchev–Trinajstić information content (AvgIpc) is 2.81. The largest absolute Gasteiger partial charge is 0.366 e. The van der Waals surface area contributed by atoms with Crippen LogP contribution in [0.2, 0.25) is 0 Å². The van der Waals surface area contributed by atoms with Gasteiger partial charge in [-0.1, -0.05) is 31.7 Å². The smallest absolute Gasteiger partial charge is 0.269 e. The Balaban J connectivity index is 1.46. The van der Waals surface area contributed by atoms with E-state index in [1.165, 1.54) is 23.4 Å². The zero-order valence-electron chi connectivity index (χ0n) is 20.2. The minimum atomic E-state index is -0.382. The van der Waals surface area contributed by atoms with Crippen molar-refractivity contribution in [2.45, 2.75) is 61.8 Å². The number of benzene rings is 3. The second-order valence-electron chi connectivity index (χ2n) is 9.49. The minimum Gasteiger partial charge on any atom is -0.366 e. The van der Waals surface area contributed by atoms with Gasteiger partial charge >= 0.3 is 0 Å². The molecule has 1 heterocycles. The predicted octanol–water partition coefficient (Wildman–Crippen LogP) is 8.00. The normalized spacial score (nSPS) is 17.1. The Bertz CT molecular complexity index is 1190. The van der Waals surface area contributed by atoms with Crippen molar-refractivity contribution >= 4 is 35.0 Å². The average molecular weight is 474 g/mol. The lowest BCUT2D eigenvalue weighted by Crippen LogP contribution is -2.48. The fourth-order valence-electron chi connectivity index (χ4n) is 4.76. The Kier molecular flexibility index (Phi) is 7.08. The van der Waals surface area contributed by atoms with E-state index in [-0.39, 0.29) is 16.1 Å². The third-order valence-electron chi connectivity index (χ3n) is 6.34. The van der Waals surface area contributed by atoms with Crippen LogP contribution in [-0.4, -0.2) is 23.2 Å². The van der Waals surface area contributed by atoms with Gasteiger partial charge in [-0.3, -0.25) is 15.1 Å². The molecule has 0 spiro atoms. The summed E-state index contributed by atoms with van der Waals surface area (Å²) in [4.78, 5) is 19.7. The van der Waals surface area contributed by atoms with Crippen molar-refractivity contribution in [1.82, 2.24) is 0 Å². The molecule has 6 heteroatoms. The van der Waals surface area contributed by atoms with Crippen molar-refractivity contribution in [3.05, 3.63) is 88.0 Å². The summed E-state index contributed by atoms with van der Waals surface area (Å²) in [6, 6.07) is 21.4. The lowest BCUT2D eigenvalue weighted by molar-refractivity contribution is -0.384. The molecule has 0 N–H and O–H groups in total. The Labute approximate surface area is 206 Å². The first-order valence-corrected chi connectivity index (χ1v) is 12.6. The lowest BCUT2D eigenvalue weighted by Gasteiger charge is -2.47. The maximum atomic E-state index is 10.8. The van der Waals surface area contributed by atoms with E-state index >= 15 is 0 Å². The van der Waals surface area contributed by atoms with Gasteiger partial charge in [-0.05, 0) is 92.3 Å². The summed E-state index contributed by atoms with van der Waals surface area (Å²) in [6.07, 6.45) is 4.23. The first-order chi connectivity index (χ1) is 16.3. The second kappa shape index (κ2) is 10.0. The van der Waals surface area contributed by atoms with Gasteiger partial charge in [0.15, 0.2) is 0 Å². The molecule has 1 aliphatic heterocycles. The van der Waals surface area contributed by atoms with E-state index in [4.69, 9.17) is 4.99 Å². The molecular weight excluding hydrogens is 442 g/mol. The van der Waals surface area contributed by atoms with Gasteiger partial charge in [-0.25, -0.2) is 0 Å². The standard InChI is InChI=1S/C28H31N3O2S/c1-5-16-30-27-15-6-21(17-26(27)20(2)18-28(30,3)4)19-29-22-7-11-24(12-8-22)34-25-13-9-23(10-14-25)31(32)33/h6-15,17,19-20H,5,16,18H2,1-4H3. The van der Waals surface area contributed by atoms with E-state index in [1.807, 2.05) is 30.5 Å². The van der Waals surface area contributed by atoms with Gasteiger partial charge < -0.3 is 4.90 Å². The van der Waals surface area contributed by atoms with E-state index in [1.54, 1.807) is 23.9 Å². The summed E-state index contributed by atoms with van der Waals surface area (Å²) in [5.74, 6) is 0.516. The van der Waals surface area contributed by atoms with Gasteiger partial charge in [0.25, 0.3) is 5.69 Å². The molecule has 0 aliphatic carbocycles. The van der Waals surface area contributed by atoms with Crippen LogP contribution in [-0.2, 0) is 0 Å². The number of hydrogen-bond donors (Lipinski definition) is 0. The second-order valence-corrected chi connectivity index (χ2v) is 10.6. The molecule has 1 atom stereocenters. The van der Waals surface area contributed by atoms with Crippen LogP contribution in [0.25, 0.3) is 0 Å². The number of non-ortho nitro benzene ring substituents is 1. The molecule has 0 aromatic heterocycles. The van der Waals surface area contributed by atoms with Crippen LogP contribution in [0, 0.1) is 10.1 Å². The molecule has 3 aromatic rings. The van der Waals surface area contributed by atoms with Gasteiger partial charge in [0, 0.05) is 45.9 Å². The summed E-state index contributed by atoms with van der Waals surface area (Å²) >= 11 is 1.57. The number of fused-ring (bicyclic) bond motifs is 1. The maximum Gasteiger partial charge on any atom is 0.269 e. The van der Waals surface area contributed by atoms with Crippen molar-refractivity contribution in [3.63, 3.8) is 0 Å². The van der Waals surface area contributed by atoms with Gasteiger partial charge in [0.05, 0.1) is 10.6 Å². The molecule has 0 fully saturated rings. The van der Waals surface area contributed by atoms with Crippen LogP contribution < -0.4 is 4.90 Å². The quantitative estimate of drug-likeness (QED) is 0.198. The van der Waals surface area contributed by atoms with Gasteiger partial charge in [-0.15, -0.1) is 0 Å². The Hall–Kier alpha value is -3.12. The number of hydrogen-bond acceptors (Lipinski definition) is 5. The highest BCUT2D eigenvalue weighted by Gasteiger charge is 2.35. The maximum absolute atomic E-state index is 10.8. The summed E-state index contributed by atoms with van der Waals surface area (Å²) in [6.45, 7) is 10.3. The third kappa shape index (κ3) is 5.33. The number of nitrogens with zero attached hydrogens (tertiary/aromatic N) is 3. The van der Waals surface area contributed by atoms with E-state index in [0.29, 0.717) is 5.92 Å². The molecule has 1 unspecified atom stereocenters. The monoisotopic (exact) mass is 473 g/mol. The van der Waals surface area contributed by atoms with E-state index in [0.717, 1.165) is 40.4 Å². The third-order valence-corrected chi connectivity index (χ3v) is 7.36. The number of nitro benzene ring substituents is 1. The zero-order valence-corrected chi connectivity index (χ0v) is 21.0. The number of nitro groups is 1. The summed E-state index contributed by atoms with van der Waals surface area (Å²) in [7, 11) is 0. The van der Waals surface area contributed by atoms with Crippen LogP contribution in [0.15, 0.2) is 81.5 Å². The summed E-state index contributed by atoms with van der Waals surface area (Å²) in [5, 5.41) is 10.8. The van der Waals surface area contributed by atoms with E-state index < -0.39 is 0 Å². The SMILES string of the molecule is CCCN1c2ccc(C=Nc3ccc(Sc4ccc([N+](=O)[O-])cc4)cc3)cc2C(C)CC1(C)C. The fraction of sp³-hybridized carbons (Fsp3) is 0.321. The molecule has 3 aromatic carbocycles. The highest BCUT2D eigenvalue weighted by molar-refractivity contribution is 7.99. The van der Waals surface area contributed by atoms with Crippen LogP contribution in [0.4, 0.5) is 17.1 Å². The van der Waals surface area contributed by atoms with Gasteiger partial charge in [0.1, 0.15) is 0 Å². The highest BCUT2D eigenvalue weighted by atomic mass is 32.2. The summed E-state index contributed by atoms with van der Waals surface area (Å²) in [5.41, 5.74) is 5.06. The molecule has 5 nitrogen and oxygen atoms in total. The molecule has 34 heavy (non-hydrogen) atoms. The first-order valence-electron chi connectivity index (χ1n) is 11.7. The molecule has 0 radical (unpaired) electrons. The van der Waals surface area contributed by atoms with Crippen LogP contribution >= 0.6 is 11.8 Å². The molecule has 0 saturated carbocycles. The van der Waals surface area contributed by atoms with Crippen molar-refractivity contribution < 1.29 is 4.92 Å². The van der Waals surface area contributed by atoms with E-state index in [2.05, 4.69) is 50.8 Å². The number of rotatable bonds is 7. The van der Waals surface area contributed by atoms with Crippen LogP contribution in [0.5, 0.6) is 0 Å².